The van der Waals surface area contributed by atoms with Crippen molar-refractivity contribution in [2.45, 2.75) is 45.2 Å². The highest BCUT2D eigenvalue weighted by Gasteiger charge is 2.30. The summed E-state index contributed by atoms with van der Waals surface area (Å²) >= 11 is 0. The second-order valence-electron chi connectivity index (χ2n) is 5.61. The van der Waals surface area contributed by atoms with E-state index >= 15 is 0 Å². The van der Waals surface area contributed by atoms with E-state index < -0.39 is 0 Å². The zero-order valence-electron chi connectivity index (χ0n) is 12.3. The van der Waals surface area contributed by atoms with E-state index in [2.05, 4.69) is 30.1 Å². The van der Waals surface area contributed by atoms with Gasteiger partial charge in [0.15, 0.2) is 0 Å². The highest BCUT2D eigenvalue weighted by Crippen LogP contribution is 2.24. The Morgan fingerprint density at radius 3 is 2.85 bits per heavy atom. The van der Waals surface area contributed by atoms with Gasteiger partial charge in [-0.25, -0.2) is 0 Å². The number of carbonyl (C=O) groups is 1. The minimum atomic E-state index is -0.117. The number of aliphatic hydroxyl groups is 1. The van der Waals surface area contributed by atoms with E-state index in [9.17, 15) is 4.79 Å². The van der Waals surface area contributed by atoms with E-state index in [1.54, 1.807) is 0 Å². The fourth-order valence-corrected chi connectivity index (χ4v) is 2.84. The van der Waals surface area contributed by atoms with E-state index in [0.29, 0.717) is 12.5 Å². The van der Waals surface area contributed by atoms with Gasteiger partial charge in [0, 0.05) is 24.9 Å². The molecule has 20 heavy (non-hydrogen) atoms. The molecule has 0 aliphatic carbocycles. The number of para-hydroxylation sites is 1. The van der Waals surface area contributed by atoms with E-state index in [4.69, 9.17) is 5.11 Å². The van der Waals surface area contributed by atoms with Crippen LogP contribution in [0, 0.1) is 0 Å². The van der Waals surface area contributed by atoms with Crippen LogP contribution in [-0.4, -0.2) is 41.1 Å². The molecule has 110 valence electrons. The summed E-state index contributed by atoms with van der Waals surface area (Å²) < 4.78 is 0. The Morgan fingerprint density at radius 2 is 2.15 bits per heavy atom. The van der Waals surface area contributed by atoms with Crippen molar-refractivity contribution < 1.29 is 9.90 Å². The van der Waals surface area contributed by atoms with Gasteiger partial charge in [-0.2, -0.15) is 0 Å². The number of aryl methyl sites for hydroxylation is 1. The largest absolute Gasteiger partial charge is 0.396 e. The van der Waals surface area contributed by atoms with Gasteiger partial charge in [-0.1, -0.05) is 18.2 Å². The van der Waals surface area contributed by atoms with E-state index in [1.807, 2.05) is 18.2 Å². The van der Waals surface area contributed by atoms with Crippen LogP contribution in [0.15, 0.2) is 24.3 Å². The lowest BCUT2D eigenvalue weighted by molar-refractivity contribution is -0.122. The number of nitrogens with one attached hydrogen (secondary N) is 1. The van der Waals surface area contributed by atoms with Crippen molar-refractivity contribution in [3.8, 4) is 0 Å². The van der Waals surface area contributed by atoms with E-state index in [-0.39, 0.29) is 18.6 Å². The van der Waals surface area contributed by atoms with Crippen LogP contribution in [-0.2, 0) is 11.2 Å². The molecule has 1 amide bonds. The number of nitrogens with zero attached hydrogens (tertiary/aromatic N) is 1. The number of amides is 1. The molecule has 1 aromatic carbocycles. The third kappa shape index (κ3) is 3.38. The minimum absolute atomic E-state index is 0.0709. The number of carbonyl (C=O) groups excluding carboxylic acids is 1. The van der Waals surface area contributed by atoms with Crippen LogP contribution in [0.25, 0.3) is 0 Å². The van der Waals surface area contributed by atoms with Gasteiger partial charge in [-0.15, -0.1) is 0 Å². The van der Waals surface area contributed by atoms with Crippen molar-refractivity contribution in [2.24, 2.45) is 0 Å². The predicted molar refractivity (Wildman–Crippen MR) is 80.7 cm³/mol. The van der Waals surface area contributed by atoms with Gasteiger partial charge >= 0.3 is 0 Å². The zero-order valence-corrected chi connectivity index (χ0v) is 12.3. The maximum absolute atomic E-state index is 12.5. The maximum Gasteiger partial charge on any atom is 0.241 e. The summed E-state index contributed by atoms with van der Waals surface area (Å²) in [6.45, 7) is 5.12. The molecule has 0 radical (unpaired) electrons. The SMILES string of the molecule is CC(C)N(CCCO)C1CCc2ccccc2NC1=O. The molecule has 1 unspecified atom stereocenters. The van der Waals surface area contributed by atoms with Gasteiger partial charge in [-0.05, 0) is 44.7 Å². The van der Waals surface area contributed by atoms with Crippen molar-refractivity contribution in [3.05, 3.63) is 29.8 Å². The average Bonchev–Trinajstić information content (AvgIpc) is 2.58. The van der Waals surface area contributed by atoms with Crippen molar-refractivity contribution in [3.63, 3.8) is 0 Å². The van der Waals surface area contributed by atoms with Crippen LogP contribution < -0.4 is 5.32 Å². The van der Waals surface area contributed by atoms with Crippen molar-refractivity contribution in [2.75, 3.05) is 18.5 Å². The van der Waals surface area contributed by atoms with Crippen molar-refractivity contribution in [1.29, 1.82) is 0 Å². The third-order valence-corrected chi connectivity index (χ3v) is 3.90. The lowest BCUT2D eigenvalue weighted by Crippen LogP contribution is -2.47. The first-order chi connectivity index (χ1) is 9.63. The molecule has 0 saturated heterocycles. The van der Waals surface area contributed by atoms with Crippen molar-refractivity contribution >= 4 is 11.6 Å². The number of anilines is 1. The Labute approximate surface area is 120 Å². The van der Waals surface area contributed by atoms with Gasteiger partial charge in [0.2, 0.25) is 5.91 Å². The first kappa shape index (κ1) is 15.0. The monoisotopic (exact) mass is 276 g/mol. The lowest BCUT2D eigenvalue weighted by atomic mass is 10.0. The second-order valence-corrected chi connectivity index (χ2v) is 5.61. The molecule has 1 aromatic rings. The van der Waals surface area contributed by atoms with Gasteiger partial charge in [-0.3, -0.25) is 9.69 Å². The third-order valence-electron chi connectivity index (χ3n) is 3.90. The summed E-state index contributed by atoms with van der Waals surface area (Å²) in [7, 11) is 0. The van der Waals surface area contributed by atoms with Crippen LogP contribution in [0.1, 0.15) is 32.3 Å². The molecule has 4 heteroatoms. The molecule has 1 aliphatic heterocycles. The molecule has 0 bridgehead atoms. The molecular formula is C16H24N2O2. The van der Waals surface area contributed by atoms with Crippen LogP contribution in [0.4, 0.5) is 5.69 Å². The van der Waals surface area contributed by atoms with Crippen LogP contribution in [0.5, 0.6) is 0 Å². The average molecular weight is 276 g/mol. The normalized spacial score (nSPS) is 18.9. The number of fused-ring (bicyclic) bond motifs is 1. The first-order valence-corrected chi connectivity index (χ1v) is 7.39. The number of benzene rings is 1. The molecule has 0 fully saturated rings. The summed E-state index contributed by atoms with van der Waals surface area (Å²) in [4.78, 5) is 14.7. The molecule has 4 nitrogen and oxygen atoms in total. The number of hydrogen-bond acceptors (Lipinski definition) is 3. The Bertz CT molecular complexity index is 460. The smallest absolute Gasteiger partial charge is 0.241 e. The van der Waals surface area contributed by atoms with E-state index in [0.717, 1.165) is 25.1 Å². The Hall–Kier alpha value is -1.39. The Balaban J connectivity index is 2.15. The molecule has 1 aliphatic rings. The summed E-state index contributed by atoms with van der Waals surface area (Å²) in [5.41, 5.74) is 2.14. The quantitative estimate of drug-likeness (QED) is 0.865. The molecule has 0 aromatic heterocycles. The fraction of sp³-hybridized carbons (Fsp3) is 0.562. The minimum Gasteiger partial charge on any atom is -0.396 e. The van der Waals surface area contributed by atoms with Crippen LogP contribution in [0.2, 0.25) is 0 Å². The summed E-state index contributed by atoms with van der Waals surface area (Å²) in [5.74, 6) is 0.0709. The molecule has 0 saturated carbocycles. The van der Waals surface area contributed by atoms with Crippen LogP contribution >= 0.6 is 0 Å². The second kappa shape index (κ2) is 6.86. The number of rotatable bonds is 5. The number of aliphatic hydroxyl groups excluding tert-OH is 1. The van der Waals surface area contributed by atoms with Gasteiger partial charge in [0.1, 0.15) is 0 Å². The fourth-order valence-electron chi connectivity index (χ4n) is 2.84. The zero-order chi connectivity index (χ0) is 14.5. The molecule has 2 N–H and O–H groups in total. The number of hydrogen-bond donors (Lipinski definition) is 2. The standard InChI is InChI=1S/C16H24N2O2/c1-12(2)18(10-5-11-19)15-9-8-13-6-3-4-7-14(13)17-16(15)20/h3-4,6-7,12,15,19H,5,8-11H2,1-2H3,(H,17,20). The molecule has 1 heterocycles. The van der Waals surface area contributed by atoms with E-state index in [1.165, 1.54) is 5.56 Å². The lowest BCUT2D eigenvalue weighted by Gasteiger charge is -2.33. The molecule has 2 rings (SSSR count). The summed E-state index contributed by atoms with van der Waals surface area (Å²) in [5, 5.41) is 12.1. The van der Waals surface area contributed by atoms with Gasteiger partial charge < -0.3 is 10.4 Å². The van der Waals surface area contributed by atoms with Crippen LogP contribution in [0.3, 0.4) is 0 Å². The summed E-state index contributed by atoms with van der Waals surface area (Å²) in [6.07, 6.45) is 2.43. The van der Waals surface area contributed by atoms with Crippen molar-refractivity contribution in [1.82, 2.24) is 4.90 Å². The summed E-state index contributed by atoms with van der Waals surface area (Å²) in [6, 6.07) is 8.17. The van der Waals surface area contributed by atoms with Gasteiger partial charge in [0.05, 0.1) is 6.04 Å². The Morgan fingerprint density at radius 1 is 1.40 bits per heavy atom. The molecule has 1 atom stereocenters. The predicted octanol–water partition coefficient (Wildman–Crippen LogP) is 2.03. The first-order valence-electron chi connectivity index (χ1n) is 7.39. The molecular weight excluding hydrogens is 252 g/mol. The molecule has 0 spiro atoms. The highest BCUT2D eigenvalue weighted by molar-refractivity contribution is 5.96. The Kier molecular flexibility index (Phi) is 5.15. The maximum atomic E-state index is 12.5. The highest BCUT2D eigenvalue weighted by atomic mass is 16.3. The topological polar surface area (TPSA) is 52.6 Å². The van der Waals surface area contributed by atoms with Gasteiger partial charge in [0.25, 0.3) is 0 Å².